The van der Waals surface area contributed by atoms with E-state index in [1.165, 1.54) is 12.1 Å². The molecule has 0 saturated heterocycles. The molecule has 0 radical (unpaired) electrons. The van der Waals surface area contributed by atoms with E-state index in [9.17, 15) is 19.1 Å². The molecule has 6 heteroatoms. The molecule has 0 heterocycles. The van der Waals surface area contributed by atoms with Gasteiger partial charge in [-0.3, -0.25) is 0 Å². The second-order valence-electron chi connectivity index (χ2n) is 5.16. The third-order valence-electron chi connectivity index (χ3n) is 3.59. The molecule has 1 fully saturated rings. The Morgan fingerprint density at radius 2 is 1.95 bits per heavy atom. The van der Waals surface area contributed by atoms with Crippen LogP contribution in [0.15, 0.2) is 18.2 Å². The zero-order valence-corrected chi connectivity index (χ0v) is 11.2. The van der Waals surface area contributed by atoms with Crippen molar-refractivity contribution in [2.24, 2.45) is 0 Å². The summed E-state index contributed by atoms with van der Waals surface area (Å²) in [7, 11) is 0. The minimum absolute atomic E-state index is 0.0426. The smallest absolute Gasteiger partial charge is 0.329 e. The van der Waals surface area contributed by atoms with Gasteiger partial charge in [-0.2, -0.15) is 0 Å². The number of aliphatic carboxylic acids is 1. The molecule has 1 aliphatic carbocycles. The number of carbonyl (C=O) groups is 2. The lowest BCUT2D eigenvalue weighted by Gasteiger charge is -2.25. The number of nitrogens with one attached hydrogen (secondary N) is 2. The van der Waals surface area contributed by atoms with Gasteiger partial charge in [0, 0.05) is 0 Å². The molecule has 1 saturated carbocycles. The molecule has 5 nitrogen and oxygen atoms in total. The van der Waals surface area contributed by atoms with Crippen molar-refractivity contribution in [2.45, 2.75) is 38.1 Å². The van der Waals surface area contributed by atoms with Crippen molar-refractivity contribution in [3.8, 4) is 0 Å². The number of amides is 2. The summed E-state index contributed by atoms with van der Waals surface area (Å²) in [6.45, 7) is 1.78. The molecule has 20 heavy (non-hydrogen) atoms. The fourth-order valence-electron chi connectivity index (χ4n) is 2.48. The van der Waals surface area contributed by atoms with Gasteiger partial charge in [-0.1, -0.05) is 18.9 Å². The van der Waals surface area contributed by atoms with E-state index < -0.39 is 23.4 Å². The maximum atomic E-state index is 13.5. The number of rotatable bonds is 3. The number of carboxylic acid groups (broad SMARTS) is 1. The van der Waals surface area contributed by atoms with Crippen LogP contribution in [0, 0.1) is 12.7 Å². The van der Waals surface area contributed by atoms with Gasteiger partial charge in [-0.15, -0.1) is 0 Å². The van der Waals surface area contributed by atoms with E-state index in [0.717, 1.165) is 18.4 Å². The van der Waals surface area contributed by atoms with Gasteiger partial charge in [0.05, 0.1) is 5.69 Å². The average molecular weight is 280 g/mol. The van der Waals surface area contributed by atoms with Crippen molar-refractivity contribution in [1.29, 1.82) is 0 Å². The number of anilines is 1. The number of benzene rings is 1. The van der Waals surface area contributed by atoms with E-state index in [1.807, 2.05) is 0 Å². The second kappa shape index (κ2) is 5.48. The Morgan fingerprint density at radius 1 is 1.30 bits per heavy atom. The maximum absolute atomic E-state index is 13.5. The molecule has 0 unspecified atom stereocenters. The van der Waals surface area contributed by atoms with Crippen LogP contribution >= 0.6 is 0 Å². The standard InChI is InChI=1S/C14H17FN2O3/c1-9-4-5-10(15)11(8-9)16-13(20)17-14(12(18)19)6-2-3-7-14/h4-5,8H,2-3,6-7H2,1H3,(H,18,19)(H2,16,17,20). The minimum atomic E-state index is -1.23. The van der Waals surface area contributed by atoms with Crippen molar-refractivity contribution in [1.82, 2.24) is 5.32 Å². The minimum Gasteiger partial charge on any atom is -0.480 e. The SMILES string of the molecule is Cc1ccc(F)c(NC(=O)NC2(C(=O)O)CCCC2)c1. The molecule has 0 bridgehead atoms. The molecule has 108 valence electrons. The molecule has 0 aromatic heterocycles. The zero-order valence-electron chi connectivity index (χ0n) is 11.2. The van der Waals surface area contributed by atoms with Crippen LogP contribution in [-0.4, -0.2) is 22.6 Å². The Hall–Kier alpha value is -2.11. The maximum Gasteiger partial charge on any atom is 0.329 e. The summed E-state index contributed by atoms with van der Waals surface area (Å²) in [4.78, 5) is 23.2. The Labute approximate surface area is 116 Å². The van der Waals surface area contributed by atoms with E-state index in [1.54, 1.807) is 13.0 Å². The predicted molar refractivity (Wildman–Crippen MR) is 72.1 cm³/mol. The highest BCUT2D eigenvalue weighted by Gasteiger charge is 2.42. The van der Waals surface area contributed by atoms with Gasteiger partial charge in [0.1, 0.15) is 11.4 Å². The largest absolute Gasteiger partial charge is 0.480 e. The third kappa shape index (κ3) is 2.89. The molecule has 1 aliphatic rings. The first-order valence-corrected chi connectivity index (χ1v) is 6.52. The lowest BCUT2D eigenvalue weighted by atomic mass is 9.98. The van der Waals surface area contributed by atoms with Gasteiger partial charge in [0.25, 0.3) is 0 Å². The van der Waals surface area contributed by atoms with E-state index in [4.69, 9.17) is 0 Å². The summed E-state index contributed by atoms with van der Waals surface area (Å²) < 4.78 is 13.5. The number of aryl methyl sites for hydroxylation is 1. The number of hydrogen-bond acceptors (Lipinski definition) is 2. The van der Waals surface area contributed by atoms with Gasteiger partial charge >= 0.3 is 12.0 Å². The normalized spacial score (nSPS) is 16.7. The average Bonchev–Trinajstić information content (AvgIpc) is 2.83. The first kappa shape index (κ1) is 14.3. The van der Waals surface area contributed by atoms with Crippen LogP contribution in [0.5, 0.6) is 0 Å². The van der Waals surface area contributed by atoms with Gasteiger partial charge in [0.2, 0.25) is 0 Å². The Bertz CT molecular complexity index is 539. The molecule has 0 spiro atoms. The first-order chi connectivity index (χ1) is 9.43. The molecule has 0 atom stereocenters. The summed E-state index contributed by atoms with van der Waals surface area (Å²) in [6.07, 6.45) is 2.30. The predicted octanol–water partition coefficient (Wildman–Crippen LogP) is 2.65. The number of urea groups is 1. The summed E-state index contributed by atoms with van der Waals surface area (Å²) in [5.41, 5.74) is -0.388. The van der Waals surface area contributed by atoms with Crippen molar-refractivity contribution in [2.75, 3.05) is 5.32 Å². The molecular weight excluding hydrogens is 263 g/mol. The van der Waals surface area contributed by atoms with Crippen LogP contribution in [0.3, 0.4) is 0 Å². The summed E-state index contributed by atoms with van der Waals surface area (Å²) in [5, 5.41) is 14.1. The van der Waals surface area contributed by atoms with Crippen molar-refractivity contribution in [3.63, 3.8) is 0 Å². The van der Waals surface area contributed by atoms with Crippen LogP contribution in [0.2, 0.25) is 0 Å². The van der Waals surface area contributed by atoms with Crippen LogP contribution in [0.4, 0.5) is 14.9 Å². The van der Waals surface area contributed by atoms with E-state index in [2.05, 4.69) is 10.6 Å². The summed E-state index contributed by atoms with van der Waals surface area (Å²) in [5.74, 6) is -1.60. The molecular formula is C14H17FN2O3. The van der Waals surface area contributed by atoms with Gasteiger partial charge < -0.3 is 15.7 Å². The van der Waals surface area contributed by atoms with Crippen molar-refractivity contribution < 1.29 is 19.1 Å². The van der Waals surface area contributed by atoms with E-state index in [-0.39, 0.29) is 5.69 Å². The number of halogens is 1. The van der Waals surface area contributed by atoms with Gasteiger partial charge in [0.15, 0.2) is 0 Å². The first-order valence-electron chi connectivity index (χ1n) is 6.52. The van der Waals surface area contributed by atoms with Crippen molar-refractivity contribution in [3.05, 3.63) is 29.6 Å². The summed E-state index contributed by atoms with van der Waals surface area (Å²) in [6, 6.07) is 3.65. The topological polar surface area (TPSA) is 78.4 Å². The molecule has 2 rings (SSSR count). The highest BCUT2D eigenvalue weighted by Crippen LogP contribution is 2.30. The van der Waals surface area contributed by atoms with Gasteiger partial charge in [-0.05, 0) is 37.5 Å². The van der Waals surface area contributed by atoms with Crippen LogP contribution in [0.25, 0.3) is 0 Å². The second-order valence-corrected chi connectivity index (χ2v) is 5.16. The quantitative estimate of drug-likeness (QED) is 0.796. The van der Waals surface area contributed by atoms with Gasteiger partial charge in [-0.25, -0.2) is 14.0 Å². The highest BCUT2D eigenvalue weighted by atomic mass is 19.1. The third-order valence-corrected chi connectivity index (χ3v) is 3.59. The molecule has 1 aromatic carbocycles. The van der Waals surface area contributed by atoms with E-state index >= 15 is 0 Å². The van der Waals surface area contributed by atoms with Crippen LogP contribution in [0.1, 0.15) is 31.2 Å². The number of carbonyl (C=O) groups excluding carboxylic acids is 1. The Morgan fingerprint density at radius 3 is 2.55 bits per heavy atom. The van der Waals surface area contributed by atoms with Crippen LogP contribution < -0.4 is 10.6 Å². The molecule has 2 amide bonds. The number of carboxylic acids is 1. The van der Waals surface area contributed by atoms with E-state index in [0.29, 0.717) is 12.8 Å². The number of hydrogen-bond donors (Lipinski definition) is 3. The monoisotopic (exact) mass is 280 g/mol. The zero-order chi connectivity index (χ0) is 14.8. The highest BCUT2D eigenvalue weighted by molar-refractivity contribution is 5.94. The fraction of sp³-hybridized carbons (Fsp3) is 0.429. The Balaban J connectivity index is 2.08. The molecule has 1 aromatic rings. The molecule has 3 N–H and O–H groups in total. The lowest BCUT2D eigenvalue weighted by molar-refractivity contribution is -0.144. The molecule has 0 aliphatic heterocycles. The lowest BCUT2D eigenvalue weighted by Crippen LogP contribution is -2.53. The fourth-order valence-corrected chi connectivity index (χ4v) is 2.48. The Kier molecular flexibility index (Phi) is 3.92. The summed E-state index contributed by atoms with van der Waals surface area (Å²) >= 11 is 0. The van der Waals surface area contributed by atoms with Crippen molar-refractivity contribution >= 4 is 17.7 Å². The van der Waals surface area contributed by atoms with Crippen LogP contribution in [-0.2, 0) is 4.79 Å².